The molecule has 0 aromatic heterocycles. The summed E-state index contributed by atoms with van der Waals surface area (Å²) < 4.78 is 5.56. The Morgan fingerprint density at radius 3 is 2.30 bits per heavy atom. The number of carboxylic acids is 1. The molecule has 0 saturated heterocycles. The summed E-state index contributed by atoms with van der Waals surface area (Å²) in [6, 6.07) is 16.2. The van der Waals surface area contributed by atoms with Gasteiger partial charge in [0, 0.05) is 5.56 Å². The second kappa shape index (κ2) is 6.73. The molecule has 20 heavy (non-hydrogen) atoms. The first-order valence-corrected chi connectivity index (χ1v) is 6.44. The average molecular weight is 271 g/mol. The number of ether oxygens (including phenoxy) is 1. The highest BCUT2D eigenvalue weighted by atomic mass is 16.5. The zero-order valence-corrected chi connectivity index (χ0v) is 11.0. The van der Waals surface area contributed by atoms with Crippen LogP contribution in [-0.2, 0) is 11.2 Å². The maximum atomic E-state index is 11.3. The Labute approximate surface area is 117 Å². The van der Waals surface area contributed by atoms with Gasteiger partial charge in [-0.2, -0.15) is 0 Å². The van der Waals surface area contributed by atoms with Crippen LogP contribution in [0.5, 0.6) is 5.75 Å². The first kappa shape index (κ1) is 14.1. The van der Waals surface area contributed by atoms with Crippen LogP contribution in [0.25, 0.3) is 0 Å². The van der Waals surface area contributed by atoms with Gasteiger partial charge in [-0.1, -0.05) is 42.5 Å². The van der Waals surface area contributed by atoms with Gasteiger partial charge in [-0.3, -0.25) is 0 Å². The van der Waals surface area contributed by atoms with Crippen molar-refractivity contribution in [2.45, 2.75) is 12.5 Å². The lowest BCUT2D eigenvalue weighted by molar-refractivity contribution is -0.145. The van der Waals surface area contributed by atoms with E-state index in [4.69, 9.17) is 10.5 Å². The quantitative estimate of drug-likeness (QED) is 0.846. The largest absolute Gasteiger partial charge is 0.478 e. The molecule has 2 rings (SSSR count). The van der Waals surface area contributed by atoms with Crippen LogP contribution in [0.4, 0.5) is 0 Å². The van der Waals surface area contributed by atoms with Crippen molar-refractivity contribution in [2.24, 2.45) is 5.73 Å². The van der Waals surface area contributed by atoms with Crippen LogP contribution in [0.15, 0.2) is 54.6 Å². The van der Waals surface area contributed by atoms with Gasteiger partial charge < -0.3 is 15.6 Å². The number of carboxylic acid groups (broad SMARTS) is 1. The van der Waals surface area contributed by atoms with E-state index >= 15 is 0 Å². The highest BCUT2D eigenvalue weighted by molar-refractivity contribution is 5.74. The molecule has 0 bridgehead atoms. The lowest BCUT2D eigenvalue weighted by Gasteiger charge is -2.15. The molecule has 0 fully saturated rings. The Balaban J connectivity index is 2.14. The standard InChI is InChI=1S/C16H17NO3/c17-11-10-12-6-8-14(9-7-12)20-15(16(18)19)13-4-2-1-3-5-13/h1-9,15H,10-11,17H2,(H,18,19). The van der Waals surface area contributed by atoms with Gasteiger partial charge in [-0.15, -0.1) is 0 Å². The molecule has 2 aromatic rings. The second-order valence-electron chi connectivity index (χ2n) is 4.43. The van der Waals surface area contributed by atoms with Gasteiger partial charge in [0.1, 0.15) is 5.75 Å². The molecule has 0 aliphatic rings. The van der Waals surface area contributed by atoms with E-state index in [-0.39, 0.29) is 0 Å². The number of carbonyl (C=O) groups is 1. The van der Waals surface area contributed by atoms with Gasteiger partial charge in [0.25, 0.3) is 0 Å². The van der Waals surface area contributed by atoms with Crippen LogP contribution < -0.4 is 10.5 Å². The van der Waals surface area contributed by atoms with Crippen LogP contribution >= 0.6 is 0 Å². The minimum absolute atomic E-state index is 0.530. The van der Waals surface area contributed by atoms with E-state index in [9.17, 15) is 9.90 Å². The summed E-state index contributed by atoms with van der Waals surface area (Å²) in [5.74, 6) is -0.482. The van der Waals surface area contributed by atoms with Crippen LogP contribution in [0.3, 0.4) is 0 Å². The Morgan fingerprint density at radius 2 is 1.75 bits per heavy atom. The van der Waals surface area contributed by atoms with E-state index in [0.717, 1.165) is 12.0 Å². The molecule has 0 amide bonds. The van der Waals surface area contributed by atoms with Gasteiger partial charge in [0.05, 0.1) is 0 Å². The molecule has 1 unspecified atom stereocenters. The van der Waals surface area contributed by atoms with Gasteiger partial charge in [0.2, 0.25) is 6.10 Å². The van der Waals surface area contributed by atoms with E-state index in [1.54, 1.807) is 36.4 Å². The maximum absolute atomic E-state index is 11.3. The topological polar surface area (TPSA) is 72.5 Å². The number of rotatable bonds is 6. The zero-order valence-electron chi connectivity index (χ0n) is 11.0. The Hall–Kier alpha value is -2.33. The molecular formula is C16H17NO3. The molecule has 4 heteroatoms. The summed E-state index contributed by atoms with van der Waals surface area (Å²) in [6.45, 7) is 0.585. The van der Waals surface area contributed by atoms with Crippen LogP contribution in [0, 0.1) is 0 Å². The molecule has 0 aliphatic heterocycles. The SMILES string of the molecule is NCCc1ccc(OC(C(=O)O)c2ccccc2)cc1. The lowest BCUT2D eigenvalue weighted by atomic mass is 10.1. The van der Waals surface area contributed by atoms with Crippen molar-refractivity contribution in [3.05, 3.63) is 65.7 Å². The molecular weight excluding hydrogens is 254 g/mol. The minimum atomic E-state index is -1.01. The lowest BCUT2D eigenvalue weighted by Crippen LogP contribution is -2.18. The average Bonchev–Trinajstić information content (AvgIpc) is 2.47. The molecule has 0 saturated carbocycles. The number of hydrogen-bond donors (Lipinski definition) is 2. The molecule has 2 aromatic carbocycles. The molecule has 0 heterocycles. The highest BCUT2D eigenvalue weighted by Crippen LogP contribution is 2.22. The number of aliphatic carboxylic acids is 1. The fourth-order valence-corrected chi connectivity index (χ4v) is 1.93. The molecule has 0 spiro atoms. The van der Waals surface area contributed by atoms with Gasteiger partial charge in [0.15, 0.2) is 0 Å². The van der Waals surface area contributed by atoms with E-state index in [0.29, 0.717) is 17.9 Å². The predicted octanol–water partition coefficient (Wildman–Crippen LogP) is 2.39. The summed E-state index contributed by atoms with van der Waals surface area (Å²) in [4.78, 5) is 11.3. The number of hydrogen-bond acceptors (Lipinski definition) is 3. The second-order valence-corrected chi connectivity index (χ2v) is 4.43. The van der Waals surface area contributed by atoms with Crippen LogP contribution in [0.1, 0.15) is 17.2 Å². The number of nitrogens with two attached hydrogens (primary N) is 1. The summed E-state index contributed by atoms with van der Waals surface area (Å²) in [7, 11) is 0. The predicted molar refractivity (Wildman–Crippen MR) is 76.6 cm³/mol. The fourth-order valence-electron chi connectivity index (χ4n) is 1.93. The first-order chi connectivity index (χ1) is 9.70. The van der Waals surface area contributed by atoms with Crippen molar-refractivity contribution in [3.8, 4) is 5.75 Å². The van der Waals surface area contributed by atoms with E-state index in [2.05, 4.69) is 0 Å². The molecule has 0 aliphatic carbocycles. The van der Waals surface area contributed by atoms with Crippen LogP contribution in [0.2, 0.25) is 0 Å². The highest BCUT2D eigenvalue weighted by Gasteiger charge is 2.21. The van der Waals surface area contributed by atoms with E-state index < -0.39 is 12.1 Å². The maximum Gasteiger partial charge on any atom is 0.349 e. The van der Waals surface area contributed by atoms with Crippen LogP contribution in [-0.4, -0.2) is 17.6 Å². The van der Waals surface area contributed by atoms with E-state index in [1.807, 2.05) is 18.2 Å². The van der Waals surface area contributed by atoms with Gasteiger partial charge in [-0.25, -0.2) is 4.79 Å². The molecule has 4 nitrogen and oxygen atoms in total. The van der Waals surface area contributed by atoms with Crippen molar-refractivity contribution in [1.29, 1.82) is 0 Å². The van der Waals surface area contributed by atoms with Crippen molar-refractivity contribution >= 4 is 5.97 Å². The third kappa shape index (κ3) is 3.59. The van der Waals surface area contributed by atoms with Crippen molar-refractivity contribution in [3.63, 3.8) is 0 Å². The minimum Gasteiger partial charge on any atom is -0.478 e. The summed E-state index contributed by atoms with van der Waals surface area (Å²) in [5.41, 5.74) is 7.21. The van der Waals surface area contributed by atoms with Crippen molar-refractivity contribution in [2.75, 3.05) is 6.54 Å². The number of benzene rings is 2. The third-order valence-electron chi connectivity index (χ3n) is 2.94. The Bertz CT molecular complexity index is 552. The molecule has 1 atom stereocenters. The molecule has 104 valence electrons. The summed E-state index contributed by atoms with van der Waals surface area (Å²) in [6.07, 6.45) is -0.210. The first-order valence-electron chi connectivity index (χ1n) is 6.44. The van der Waals surface area contributed by atoms with Gasteiger partial charge in [-0.05, 0) is 30.7 Å². The summed E-state index contributed by atoms with van der Waals surface area (Å²) >= 11 is 0. The van der Waals surface area contributed by atoms with Crippen molar-refractivity contribution in [1.82, 2.24) is 0 Å². The van der Waals surface area contributed by atoms with Crippen molar-refractivity contribution < 1.29 is 14.6 Å². The third-order valence-corrected chi connectivity index (χ3v) is 2.94. The summed E-state index contributed by atoms with van der Waals surface area (Å²) in [5, 5.41) is 9.29. The Kier molecular flexibility index (Phi) is 4.74. The normalized spacial score (nSPS) is 11.8. The van der Waals surface area contributed by atoms with Gasteiger partial charge >= 0.3 is 5.97 Å². The molecule has 0 radical (unpaired) electrons. The molecule has 3 N–H and O–H groups in total. The fraction of sp³-hybridized carbons (Fsp3) is 0.188. The smallest absolute Gasteiger partial charge is 0.349 e. The monoisotopic (exact) mass is 271 g/mol. The zero-order chi connectivity index (χ0) is 14.4. The Morgan fingerprint density at radius 1 is 1.10 bits per heavy atom. The van der Waals surface area contributed by atoms with E-state index in [1.165, 1.54) is 0 Å².